The Kier molecular flexibility index (Phi) is 3.98. The average molecular weight is 372 g/mol. The maximum absolute atomic E-state index is 13.8. The minimum atomic E-state index is -4.73. The summed E-state index contributed by atoms with van der Waals surface area (Å²) < 4.78 is 42.2. The molecule has 4 rings (SSSR count). The van der Waals surface area contributed by atoms with Crippen LogP contribution in [-0.2, 0) is 12.6 Å². The van der Waals surface area contributed by atoms with Crippen molar-refractivity contribution in [3.05, 3.63) is 71.3 Å². The van der Waals surface area contributed by atoms with Crippen LogP contribution in [0.15, 0.2) is 48.9 Å². The molecule has 0 N–H and O–H groups in total. The molecule has 1 aliphatic heterocycles. The minimum absolute atomic E-state index is 0.248. The van der Waals surface area contributed by atoms with E-state index in [1.165, 1.54) is 11.1 Å². The fourth-order valence-corrected chi connectivity index (χ4v) is 3.24. The lowest BCUT2D eigenvalue weighted by molar-refractivity contribution is -0.143. The molecule has 138 valence electrons. The van der Waals surface area contributed by atoms with Gasteiger partial charge < -0.3 is 4.90 Å². The summed E-state index contributed by atoms with van der Waals surface area (Å²) in [6.07, 6.45) is -0.0342. The highest BCUT2D eigenvalue weighted by molar-refractivity contribution is 6.08. The number of fused-ring (bicyclic) bond motifs is 1. The molecule has 27 heavy (non-hydrogen) atoms. The lowest BCUT2D eigenvalue weighted by atomic mass is 10.2. The number of carbonyl (C=O) groups is 1. The quantitative estimate of drug-likeness (QED) is 0.688. The van der Waals surface area contributed by atoms with Gasteiger partial charge >= 0.3 is 6.18 Å². The molecule has 5 nitrogen and oxygen atoms in total. The first kappa shape index (κ1) is 17.3. The van der Waals surface area contributed by atoms with Crippen molar-refractivity contribution in [2.45, 2.75) is 19.5 Å². The van der Waals surface area contributed by atoms with Gasteiger partial charge in [-0.3, -0.25) is 9.78 Å². The summed E-state index contributed by atoms with van der Waals surface area (Å²) in [6.45, 7) is 2.15. The Labute approximate surface area is 153 Å². The molecule has 3 aromatic rings. The highest BCUT2D eigenvalue weighted by atomic mass is 19.4. The number of hydrogen-bond acceptors (Lipinski definition) is 3. The molecule has 2 aromatic heterocycles. The Morgan fingerprint density at radius 1 is 1.11 bits per heavy atom. The molecular formula is C19H15F3N4O. The van der Waals surface area contributed by atoms with Crippen LogP contribution in [0.1, 0.15) is 27.2 Å². The number of aromatic nitrogens is 3. The van der Waals surface area contributed by atoms with Crippen LogP contribution in [0, 0.1) is 6.92 Å². The summed E-state index contributed by atoms with van der Waals surface area (Å²) >= 11 is 0. The molecule has 0 saturated carbocycles. The van der Waals surface area contributed by atoms with E-state index in [1.807, 2.05) is 6.92 Å². The minimum Gasteiger partial charge on any atom is -0.308 e. The van der Waals surface area contributed by atoms with E-state index in [2.05, 4.69) is 10.1 Å². The van der Waals surface area contributed by atoms with Crippen molar-refractivity contribution < 1.29 is 18.0 Å². The molecule has 0 aliphatic carbocycles. The van der Waals surface area contributed by atoms with Crippen molar-refractivity contribution in [3.8, 4) is 5.69 Å². The van der Waals surface area contributed by atoms with E-state index in [0.29, 0.717) is 18.7 Å². The number of rotatable bonds is 2. The van der Waals surface area contributed by atoms with E-state index in [9.17, 15) is 18.0 Å². The number of benzene rings is 1. The zero-order valence-electron chi connectivity index (χ0n) is 14.4. The summed E-state index contributed by atoms with van der Waals surface area (Å²) in [5.41, 5.74) is 1.05. The third-order valence-electron chi connectivity index (χ3n) is 4.57. The van der Waals surface area contributed by atoms with Gasteiger partial charge in [0.2, 0.25) is 0 Å². The second-order valence-electron chi connectivity index (χ2n) is 6.36. The number of alkyl halides is 3. The number of hydrogen-bond donors (Lipinski definition) is 0. The highest BCUT2D eigenvalue weighted by Crippen LogP contribution is 2.36. The standard InChI is InChI=1S/C19H15F3N4O/c1-12-2-4-14(5-3-12)26-17(19(20,21)22)15(11-24-26)18(27)25-9-7-13-10-23-8-6-16(13)25/h2-6,8,10-11H,7,9H2,1H3. The van der Waals surface area contributed by atoms with Gasteiger partial charge in [-0.1, -0.05) is 17.7 Å². The molecule has 0 saturated heterocycles. The topological polar surface area (TPSA) is 51.0 Å². The zero-order valence-corrected chi connectivity index (χ0v) is 14.4. The molecule has 1 aromatic carbocycles. The van der Waals surface area contributed by atoms with Gasteiger partial charge in [-0.15, -0.1) is 0 Å². The fourth-order valence-electron chi connectivity index (χ4n) is 3.24. The Morgan fingerprint density at radius 2 is 1.85 bits per heavy atom. The Morgan fingerprint density at radius 3 is 2.56 bits per heavy atom. The third-order valence-corrected chi connectivity index (χ3v) is 4.57. The zero-order chi connectivity index (χ0) is 19.2. The Balaban J connectivity index is 1.80. The van der Waals surface area contributed by atoms with Crippen LogP contribution in [0.5, 0.6) is 0 Å². The van der Waals surface area contributed by atoms with Crippen LogP contribution in [-0.4, -0.2) is 27.2 Å². The maximum atomic E-state index is 13.8. The van der Waals surface area contributed by atoms with Crippen LogP contribution >= 0.6 is 0 Å². The molecule has 0 atom stereocenters. The van der Waals surface area contributed by atoms with E-state index in [0.717, 1.165) is 22.0 Å². The number of halogens is 3. The highest BCUT2D eigenvalue weighted by Gasteiger charge is 2.42. The number of aryl methyl sites for hydroxylation is 1. The first-order chi connectivity index (χ1) is 12.9. The second kappa shape index (κ2) is 6.22. The van der Waals surface area contributed by atoms with Crippen LogP contribution < -0.4 is 4.90 Å². The van der Waals surface area contributed by atoms with E-state index in [1.54, 1.807) is 36.5 Å². The predicted octanol–water partition coefficient (Wildman–Crippen LogP) is 3.80. The summed E-state index contributed by atoms with van der Waals surface area (Å²) in [7, 11) is 0. The van der Waals surface area contributed by atoms with Crippen LogP contribution in [0.25, 0.3) is 5.69 Å². The lowest BCUT2D eigenvalue weighted by Gasteiger charge is -2.18. The van der Waals surface area contributed by atoms with Crippen molar-refractivity contribution in [1.29, 1.82) is 0 Å². The van der Waals surface area contributed by atoms with Gasteiger partial charge in [0, 0.05) is 18.9 Å². The lowest BCUT2D eigenvalue weighted by Crippen LogP contribution is -2.31. The molecule has 3 heterocycles. The van der Waals surface area contributed by atoms with Crippen molar-refractivity contribution in [2.75, 3.05) is 11.4 Å². The largest absolute Gasteiger partial charge is 0.434 e. The third kappa shape index (κ3) is 2.97. The summed E-state index contributed by atoms with van der Waals surface area (Å²) in [4.78, 5) is 18.3. The van der Waals surface area contributed by atoms with Crippen molar-refractivity contribution in [3.63, 3.8) is 0 Å². The monoisotopic (exact) mass is 372 g/mol. The average Bonchev–Trinajstić information content (AvgIpc) is 3.26. The Hall–Kier alpha value is -3.16. The normalized spacial score (nSPS) is 13.7. The van der Waals surface area contributed by atoms with Crippen LogP contribution in [0.3, 0.4) is 0 Å². The van der Waals surface area contributed by atoms with Gasteiger partial charge in [-0.25, -0.2) is 4.68 Å². The molecular weight excluding hydrogens is 357 g/mol. The number of amides is 1. The molecule has 0 radical (unpaired) electrons. The fraction of sp³-hybridized carbons (Fsp3) is 0.211. The summed E-state index contributed by atoms with van der Waals surface area (Å²) in [5.74, 6) is -0.717. The van der Waals surface area contributed by atoms with Crippen LogP contribution in [0.2, 0.25) is 0 Å². The SMILES string of the molecule is Cc1ccc(-n2ncc(C(=O)N3CCc4cnccc43)c2C(F)(F)F)cc1. The first-order valence-corrected chi connectivity index (χ1v) is 8.33. The van der Waals surface area contributed by atoms with Gasteiger partial charge in [0.05, 0.1) is 23.1 Å². The number of anilines is 1. The van der Waals surface area contributed by atoms with Crippen molar-refractivity contribution in [1.82, 2.24) is 14.8 Å². The maximum Gasteiger partial charge on any atom is 0.434 e. The predicted molar refractivity (Wildman–Crippen MR) is 92.9 cm³/mol. The van der Waals surface area contributed by atoms with Gasteiger partial charge in [0.1, 0.15) is 0 Å². The number of pyridine rings is 1. The number of nitrogens with zero attached hydrogens (tertiary/aromatic N) is 4. The molecule has 0 unspecified atom stereocenters. The molecule has 1 amide bonds. The van der Waals surface area contributed by atoms with E-state index < -0.39 is 23.3 Å². The molecule has 8 heteroatoms. The smallest absolute Gasteiger partial charge is 0.308 e. The first-order valence-electron chi connectivity index (χ1n) is 8.33. The summed E-state index contributed by atoms with van der Waals surface area (Å²) in [6, 6.07) is 8.12. The van der Waals surface area contributed by atoms with E-state index in [4.69, 9.17) is 0 Å². The second-order valence-corrected chi connectivity index (χ2v) is 6.36. The Bertz CT molecular complexity index is 1010. The summed E-state index contributed by atoms with van der Waals surface area (Å²) in [5, 5.41) is 3.87. The molecule has 1 aliphatic rings. The van der Waals surface area contributed by atoms with Gasteiger partial charge in [-0.05, 0) is 37.1 Å². The van der Waals surface area contributed by atoms with Gasteiger partial charge in [0.15, 0.2) is 5.69 Å². The molecule has 0 spiro atoms. The van der Waals surface area contributed by atoms with Gasteiger partial charge in [0.25, 0.3) is 5.91 Å². The number of carbonyl (C=O) groups excluding carboxylic acids is 1. The molecule has 0 bridgehead atoms. The van der Waals surface area contributed by atoms with Crippen molar-refractivity contribution in [2.24, 2.45) is 0 Å². The van der Waals surface area contributed by atoms with E-state index >= 15 is 0 Å². The van der Waals surface area contributed by atoms with Crippen LogP contribution in [0.4, 0.5) is 18.9 Å². The van der Waals surface area contributed by atoms with Crippen molar-refractivity contribution >= 4 is 11.6 Å². The molecule has 0 fully saturated rings. The van der Waals surface area contributed by atoms with Gasteiger partial charge in [-0.2, -0.15) is 18.3 Å². The van der Waals surface area contributed by atoms with E-state index in [-0.39, 0.29) is 5.69 Å².